The van der Waals surface area contributed by atoms with Crippen LogP contribution in [0, 0.1) is 10.8 Å². The van der Waals surface area contributed by atoms with E-state index in [9.17, 15) is 0 Å². The second-order valence-corrected chi connectivity index (χ2v) is 9.82. The maximum atomic E-state index is 2.55. The molecule has 0 N–H and O–H groups in total. The molecule has 0 radical (unpaired) electrons. The minimum atomic E-state index is 0.329. The van der Waals surface area contributed by atoms with Gasteiger partial charge in [-0.3, -0.25) is 0 Å². The van der Waals surface area contributed by atoms with Gasteiger partial charge in [0.1, 0.15) is 0 Å². The van der Waals surface area contributed by atoms with Gasteiger partial charge in [-0.1, -0.05) is 92.7 Å². The Labute approximate surface area is 167 Å². The lowest BCUT2D eigenvalue weighted by Gasteiger charge is -2.23. The summed E-state index contributed by atoms with van der Waals surface area (Å²) < 4.78 is 0. The molecule has 0 bridgehead atoms. The van der Waals surface area contributed by atoms with Crippen LogP contribution in [0.2, 0.25) is 0 Å². The summed E-state index contributed by atoms with van der Waals surface area (Å²) in [6.07, 6.45) is 1.31. The SMILES string of the molecule is C[C@]1([C@@]2(C)C[C@@H]2c2ccccc2)[C@H](Sc2ccccc2)[C@@H]1c1ccccc1. The lowest BCUT2D eigenvalue weighted by molar-refractivity contribution is 0.318. The molecule has 0 unspecified atom stereocenters. The maximum Gasteiger partial charge on any atom is 0.0234 e. The Morgan fingerprint density at radius 2 is 1.22 bits per heavy atom. The van der Waals surface area contributed by atoms with Crippen LogP contribution in [0.1, 0.15) is 43.2 Å². The van der Waals surface area contributed by atoms with Gasteiger partial charge in [-0.05, 0) is 46.4 Å². The summed E-state index contributed by atoms with van der Waals surface area (Å²) in [4.78, 5) is 1.40. The van der Waals surface area contributed by atoms with Crippen molar-refractivity contribution in [2.45, 2.75) is 42.2 Å². The van der Waals surface area contributed by atoms with Crippen molar-refractivity contribution < 1.29 is 0 Å². The molecule has 3 aromatic carbocycles. The van der Waals surface area contributed by atoms with Gasteiger partial charge in [0, 0.05) is 16.1 Å². The summed E-state index contributed by atoms with van der Waals surface area (Å²) in [5.41, 5.74) is 3.73. The Bertz CT molecular complexity index is 920. The van der Waals surface area contributed by atoms with E-state index in [4.69, 9.17) is 0 Å². The van der Waals surface area contributed by atoms with Gasteiger partial charge >= 0.3 is 0 Å². The van der Waals surface area contributed by atoms with Crippen molar-refractivity contribution >= 4 is 11.8 Å². The Balaban J connectivity index is 1.48. The van der Waals surface area contributed by atoms with E-state index in [1.54, 1.807) is 0 Å². The third-order valence-electron chi connectivity index (χ3n) is 7.27. The standard InChI is InChI=1S/C26H26S/c1-25(18-22(25)19-12-6-3-7-13-19)26(2)23(20-14-8-4-9-15-20)24(26)27-21-16-10-5-11-17-21/h3-17,22-24H,18H2,1-2H3/t22-,23+,24-,25+,26-/m1/s1. The molecular weight excluding hydrogens is 344 g/mol. The van der Waals surface area contributed by atoms with E-state index < -0.39 is 0 Å². The van der Waals surface area contributed by atoms with Crippen molar-refractivity contribution in [1.82, 2.24) is 0 Å². The monoisotopic (exact) mass is 370 g/mol. The number of hydrogen-bond acceptors (Lipinski definition) is 1. The highest BCUT2D eigenvalue weighted by molar-refractivity contribution is 8.00. The molecule has 0 nitrogen and oxygen atoms in total. The van der Waals surface area contributed by atoms with E-state index in [1.807, 2.05) is 0 Å². The highest BCUT2D eigenvalue weighted by Gasteiger charge is 2.76. The Morgan fingerprint density at radius 1 is 0.704 bits per heavy atom. The molecule has 136 valence electrons. The molecular formula is C26H26S. The van der Waals surface area contributed by atoms with Gasteiger partial charge < -0.3 is 0 Å². The lowest BCUT2D eigenvalue weighted by Crippen LogP contribution is -2.17. The summed E-state index contributed by atoms with van der Waals surface area (Å²) in [7, 11) is 0. The second kappa shape index (κ2) is 6.27. The summed E-state index contributed by atoms with van der Waals surface area (Å²) in [5.74, 6) is 1.32. The van der Waals surface area contributed by atoms with Crippen LogP contribution in [-0.4, -0.2) is 5.25 Å². The first-order valence-electron chi connectivity index (χ1n) is 9.96. The van der Waals surface area contributed by atoms with E-state index in [-0.39, 0.29) is 0 Å². The minimum Gasteiger partial charge on any atom is -0.121 e. The van der Waals surface area contributed by atoms with Crippen molar-refractivity contribution in [3.63, 3.8) is 0 Å². The summed E-state index contributed by atoms with van der Waals surface area (Å²) in [6.45, 7) is 5.08. The van der Waals surface area contributed by atoms with Gasteiger partial charge in [-0.2, -0.15) is 0 Å². The topological polar surface area (TPSA) is 0 Å². The number of rotatable bonds is 5. The van der Waals surface area contributed by atoms with Crippen LogP contribution >= 0.6 is 11.8 Å². The quantitative estimate of drug-likeness (QED) is 0.460. The normalized spacial score (nSPS) is 34.2. The van der Waals surface area contributed by atoms with Crippen LogP contribution in [0.25, 0.3) is 0 Å². The van der Waals surface area contributed by atoms with Gasteiger partial charge in [0.25, 0.3) is 0 Å². The zero-order valence-electron chi connectivity index (χ0n) is 16.0. The molecule has 0 aromatic heterocycles. The zero-order chi connectivity index (χ0) is 18.5. The van der Waals surface area contributed by atoms with Crippen LogP contribution in [0.15, 0.2) is 95.9 Å². The van der Waals surface area contributed by atoms with Crippen molar-refractivity contribution in [1.29, 1.82) is 0 Å². The van der Waals surface area contributed by atoms with Crippen LogP contribution < -0.4 is 0 Å². The van der Waals surface area contributed by atoms with Crippen molar-refractivity contribution in [2.75, 3.05) is 0 Å². The average Bonchev–Trinajstić information content (AvgIpc) is 3.59. The molecule has 27 heavy (non-hydrogen) atoms. The largest absolute Gasteiger partial charge is 0.121 e. The predicted molar refractivity (Wildman–Crippen MR) is 115 cm³/mol. The zero-order valence-corrected chi connectivity index (χ0v) is 16.8. The Kier molecular flexibility index (Phi) is 3.98. The summed E-state index contributed by atoms with van der Waals surface area (Å²) in [5, 5.41) is 0.640. The molecule has 3 aromatic rings. The van der Waals surface area contributed by atoms with Crippen LogP contribution in [0.3, 0.4) is 0 Å². The van der Waals surface area contributed by atoms with E-state index in [0.29, 0.717) is 27.9 Å². The van der Waals surface area contributed by atoms with Crippen molar-refractivity contribution in [3.8, 4) is 0 Å². The van der Waals surface area contributed by atoms with Gasteiger partial charge in [0.15, 0.2) is 0 Å². The minimum absolute atomic E-state index is 0.329. The number of thioether (sulfide) groups is 1. The third kappa shape index (κ3) is 2.67. The second-order valence-electron chi connectivity index (χ2n) is 8.61. The van der Waals surface area contributed by atoms with Crippen LogP contribution in [0.4, 0.5) is 0 Å². The fraction of sp³-hybridized carbons (Fsp3) is 0.308. The van der Waals surface area contributed by atoms with Gasteiger partial charge in [-0.15, -0.1) is 11.8 Å². The fourth-order valence-electron chi connectivity index (χ4n) is 5.30. The molecule has 1 heteroatoms. The summed E-state index contributed by atoms with van der Waals surface area (Å²) in [6, 6.07) is 33.3. The van der Waals surface area contributed by atoms with Gasteiger partial charge in [-0.25, -0.2) is 0 Å². The predicted octanol–water partition coefficient (Wildman–Crippen LogP) is 7.14. The average molecular weight is 371 g/mol. The van der Waals surface area contributed by atoms with Crippen molar-refractivity contribution in [2.24, 2.45) is 10.8 Å². The molecule has 2 aliphatic rings. The molecule has 0 saturated heterocycles. The molecule has 2 aliphatic carbocycles. The first-order chi connectivity index (χ1) is 13.1. The number of hydrogen-bond donors (Lipinski definition) is 0. The van der Waals surface area contributed by atoms with Crippen LogP contribution in [-0.2, 0) is 0 Å². The molecule has 5 atom stereocenters. The fourth-order valence-corrected chi connectivity index (χ4v) is 7.07. The molecule has 0 spiro atoms. The summed E-state index contributed by atoms with van der Waals surface area (Å²) >= 11 is 2.08. The molecule has 2 saturated carbocycles. The van der Waals surface area contributed by atoms with Gasteiger partial charge in [0.05, 0.1) is 0 Å². The third-order valence-corrected chi connectivity index (χ3v) is 8.83. The van der Waals surface area contributed by atoms with Gasteiger partial charge in [0.2, 0.25) is 0 Å². The van der Waals surface area contributed by atoms with E-state index in [0.717, 1.165) is 0 Å². The van der Waals surface area contributed by atoms with Crippen LogP contribution in [0.5, 0.6) is 0 Å². The molecule has 0 aliphatic heterocycles. The van der Waals surface area contributed by atoms with E-state index >= 15 is 0 Å². The molecule has 0 heterocycles. The first-order valence-corrected chi connectivity index (χ1v) is 10.8. The number of benzene rings is 3. The van der Waals surface area contributed by atoms with E-state index in [1.165, 1.54) is 22.4 Å². The van der Waals surface area contributed by atoms with E-state index in [2.05, 4.69) is 117 Å². The molecule has 2 fully saturated rings. The highest BCUT2D eigenvalue weighted by atomic mass is 32.2. The smallest absolute Gasteiger partial charge is 0.0234 e. The molecule has 0 amide bonds. The first kappa shape index (κ1) is 17.1. The lowest BCUT2D eigenvalue weighted by atomic mass is 9.82. The maximum absolute atomic E-state index is 2.55. The molecule has 5 rings (SSSR count). The Hall–Kier alpha value is -1.99. The highest BCUT2D eigenvalue weighted by Crippen LogP contribution is 2.83. The van der Waals surface area contributed by atoms with Crippen molar-refractivity contribution in [3.05, 3.63) is 102 Å². The Morgan fingerprint density at radius 3 is 1.81 bits per heavy atom.